The molecule has 21 heavy (non-hydrogen) atoms. The Morgan fingerprint density at radius 3 is 2.90 bits per heavy atom. The van der Waals surface area contributed by atoms with Crippen molar-refractivity contribution in [1.29, 1.82) is 0 Å². The minimum absolute atomic E-state index is 0.176. The molecule has 2 aromatic rings. The molecule has 0 saturated carbocycles. The SMILES string of the molecule is Cc1nc(Cl)c(C=O)c(Sc2nnc3n2CCCCC3)n1. The van der Waals surface area contributed by atoms with Crippen molar-refractivity contribution in [3.63, 3.8) is 0 Å². The third-order valence-electron chi connectivity index (χ3n) is 3.36. The number of aldehydes is 1. The van der Waals surface area contributed by atoms with Crippen LogP contribution in [0, 0.1) is 6.92 Å². The van der Waals surface area contributed by atoms with Gasteiger partial charge in [-0.1, -0.05) is 18.0 Å². The first-order valence-corrected chi connectivity index (χ1v) is 7.97. The number of fused-ring (bicyclic) bond motifs is 1. The lowest BCUT2D eigenvalue weighted by atomic mass is 10.2. The molecule has 8 heteroatoms. The lowest BCUT2D eigenvalue weighted by molar-refractivity contribution is 0.112. The molecule has 0 unspecified atom stereocenters. The second-order valence-electron chi connectivity index (χ2n) is 4.86. The minimum Gasteiger partial charge on any atom is -0.306 e. The first-order valence-electron chi connectivity index (χ1n) is 6.78. The van der Waals surface area contributed by atoms with E-state index in [0.717, 1.165) is 36.8 Å². The maximum atomic E-state index is 11.2. The number of hydrogen-bond acceptors (Lipinski definition) is 6. The van der Waals surface area contributed by atoms with Gasteiger partial charge >= 0.3 is 0 Å². The van der Waals surface area contributed by atoms with Crippen molar-refractivity contribution in [3.8, 4) is 0 Å². The third-order valence-corrected chi connectivity index (χ3v) is 4.63. The molecular formula is C13H14ClN5OS. The molecule has 0 fully saturated rings. The van der Waals surface area contributed by atoms with Gasteiger partial charge in [-0.05, 0) is 31.5 Å². The maximum Gasteiger partial charge on any atom is 0.197 e. The standard InChI is InChI=1S/C13H14ClN5OS/c1-8-15-11(14)9(7-20)12(16-8)21-13-18-17-10-5-3-2-4-6-19(10)13/h7H,2-6H2,1H3. The van der Waals surface area contributed by atoms with Crippen LogP contribution in [0.5, 0.6) is 0 Å². The molecule has 0 atom stereocenters. The highest BCUT2D eigenvalue weighted by Gasteiger charge is 2.19. The van der Waals surface area contributed by atoms with Crippen molar-refractivity contribution < 1.29 is 4.79 Å². The van der Waals surface area contributed by atoms with Gasteiger partial charge in [-0.2, -0.15) is 0 Å². The predicted octanol–water partition coefficient (Wildman–Crippen LogP) is 2.72. The Kier molecular flexibility index (Phi) is 4.21. The molecule has 3 rings (SSSR count). The van der Waals surface area contributed by atoms with Crippen LogP contribution < -0.4 is 0 Å². The van der Waals surface area contributed by atoms with Gasteiger partial charge in [0.05, 0.1) is 5.56 Å². The number of hydrogen-bond donors (Lipinski definition) is 0. The highest BCUT2D eigenvalue weighted by atomic mass is 35.5. The Hall–Kier alpha value is -1.47. The van der Waals surface area contributed by atoms with Crippen molar-refractivity contribution in [3.05, 3.63) is 22.4 Å². The van der Waals surface area contributed by atoms with Crippen molar-refractivity contribution >= 4 is 29.6 Å². The van der Waals surface area contributed by atoms with E-state index in [1.54, 1.807) is 6.92 Å². The molecule has 6 nitrogen and oxygen atoms in total. The summed E-state index contributed by atoms with van der Waals surface area (Å²) in [4.78, 5) is 19.5. The summed E-state index contributed by atoms with van der Waals surface area (Å²) < 4.78 is 2.11. The zero-order chi connectivity index (χ0) is 14.8. The van der Waals surface area contributed by atoms with Crippen molar-refractivity contribution in [2.24, 2.45) is 0 Å². The fourth-order valence-corrected chi connectivity index (χ4v) is 3.63. The van der Waals surface area contributed by atoms with E-state index in [2.05, 4.69) is 24.7 Å². The lowest BCUT2D eigenvalue weighted by Crippen LogP contribution is -2.04. The van der Waals surface area contributed by atoms with Crippen molar-refractivity contribution in [1.82, 2.24) is 24.7 Å². The number of halogens is 1. The van der Waals surface area contributed by atoms with Crippen molar-refractivity contribution in [2.75, 3.05) is 0 Å². The van der Waals surface area contributed by atoms with Crippen LogP contribution >= 0.6 is 23.4 Å². The first kappa shape index (κ1) is 14.5. The monoisotopic (exact) mass is 323 g/mol. The number of aromatic nitrogens is 5. The third kappa shape index (κ3) is 2.94. The number of carbonyl (C=O) groups is 1. The molecule has 0 saturated heterocycles. The van der Waals surface area contributed by atoms with Gasteiger partial charge < -0.3 is 4.57 Å². The van der Waals surface area contributed by atoms with Gasteiger partial charge in [-0.15, -0.1) is 10.2 Å². The Labute approximate surface area is 131 Å². The van der Waals surface area contributed by atoms with Gasteiger partial charge in [0.2, 0.25) is 0 Å². The number of carbonyl (C=O) groups excluding carboxylic acids is 1. The van der Waals surface area contributed by atoms with Gasteiger partial charge in [-0.25, -0.2) is 9.97 Å². The normalized spacial score (nSPS) is 14.6. The number of rotatable bonds is 3. The molecule has 0 spiro atoms. The summed E-state index contributed by atoms with van der Waals surface area (Å²) in [5.41, 5.74) is 0.304. The number of aryl methyl sites for hydroxylation is 2. The molecule has 110 valence electrons. The molecular weight excluding hydrogens is 310 g/mol. The second-order valence-corrected chi connectivity index (χ2v) is 6.18. The van der Waals surface area contributed by atoms with Crippen LogP contribution in [0.15, 0.2) is 10.2 Å². The summed E-state index contributed by atoms with van der Waals surface area (Å²) >= 11 is 7.33. The maximum absolute atomic E-state index is 11.2. The summed E-state index contributed by atoms with van der Waals surface area (Å²) in [6, 6.07) is 0. The fourth-order valence-electron chi connectivity index (χ4n) is 2.32. The van der Waals surface area contributed by atoms with Crippen LogP contribution in [-0.4, -0.2) is 31.0 Å². The smallest absolute Gasteiger partial charge is 0.197 e. The van der Waals surface area contributed by atoms with E-state index < -0.39 is 0 Å². The molecule has 0 bridgehead atoms. The summed E-state index contributed by atoms with van der Waals surface area (Å²) in [6.07, 6.45) is 5.08. The molecule has 0 aliphatic carbocycles. The van der Waals surface area contributed by atoms with E-state index in [1.165, 1.54) is 18.2 Å². The molecule has 3 heterocycles. The van der Waals surface area contributed by atoms with Crippen LogP contribution in [0.2, 0.25) is 5.15 Å². The summed E-state index contributed by atoms with van der Waals surface area (Å²) in [6.45, 7) is 2.65. The van der Waals surface area contributed by atoms with Gasteiger partial charge in [0.15, 0.2) is 11.4 Å². The van der Waals surface area contributed by atoms with Gasteiger partial charge in [0.25, 0.3) is 0 Å². The Bertz CT molecular complexity index is 687. The first-order chi connectivity index (χ1) is 10.2. The molecule has 2 aromatic heterocycles. The van der Waals surface area contributed by atoms with E-state index in [4.69, 9.17) is 11.6 Å². The van der Waals surface area contributed by atoms with Crippen molar-refractivity contribution in [2.45, 2.75) is 49.3 Å². The average molecular weight is 324 g/mol. The van der Waals surface area contributed by atoms with E-state index in [0.29, 0.717) is 22.7 Å². The molecule has 0 amide bonds. The second kappa shape index (κ2) is 6.11. The largest absolute Gasteiger partial charge is 0.306 e. The van der Waals surface area contributed by atoms with E-state index in [1.807, 2.05) is 0 Å². The highest BCUT2D eigenvalue weighted by Crippen LogP contribution is 2.31. The zero-order valence-corrected chi connectivity index (χ0v) is 13.1. The molecule has 0 aromatic carbocycles. The lowest BCUT2D eigenvalue weighted by Gasteiger charge is -2.08. The predicted molar refractivity (Wildman–Crippen MR) is 78.9 cm³/mol. The summed E-state index contributed by atoms with van der Waals surface area (Å²) in [7, 11) is 0. The van der Waals surface area contributed by atoms with Crippen LogP contribution in [-0.2, 0) is 13.0 Å². The molecule has 0 radical (unpaired) electrons. The fraction of sp³-hybridized carbons (Fsp3) is 0.462. The van der Waals surface area contributed by atoms with Crippen LogP contribution in [0.25, 0.3) is 0 Å². The van der Waals surface area contributed by atoms with Crippen LogP contribution in [0.4, 0.5) is 0 Å². The minimum atomic E-state index is 0.176. The Morgan fingerprint density at radius 1 is 1.24 bits per heavy atom. The average Bonchev–Trinajstić information content (AvgIpc) is 2.68. The van der Waals surface area contributed by atoms with Gasteiger partial charge in [-0.3, -0.25) is 4.79 Å². The highest BCUT2D eigenvalue weighted by molar-refractivity contribution is 7.99. The van der Waals surface area contributed by atoms with E-state index in [-0.39, 0.29) is 5.15 Å². The Balaban J connectivity index is 1.98. The summed E-state index contributed by atoms with van der Waals surface area (Å²) in [5, 5.41) is 9.93. The van der Waals surface area contributed by atoms with E-state index in [9.17, 15) is 4.79 Å². The number of nitrogens with zero attached hydrogens (tertiary/aromatic N) is 5. The molecule has 1 aliphatic heterocycles. The van der Waals surface area contributed by atoms with E-state index >= 15 is 0 Å². The Morgan fingerprint density at radius 2 is 2.10 bits per heavy atom. The van der Waals surface area contributed by atoms with Crippen LogP contribution in [0.3, 0.4) is 0 Å². The zero-order valence-electron chi connectivity index (χ0n) is 11.5. The van der Waals surface area contributed by atoms with Gasteiger partial charge in [0.1, 0.15) is 21.8 Å². The quantitative estimate of drug-likeness (QED) is 0.638. The summed E-state index contributed by atoms with van der Waals surface area (Å²) in [5.74, 6) is 1.53. The molecule has 0 N–H and O–H groups in total. The topological polar surface area (TPSA) is 73.6 Å². The van der Waals surface area contributed by atoms with Crippen LogP contribution in [0.1, 0.15) is 41.3 Å². The molecule has 1 aliphatic rings. The van der Waals surface area contributed by atoms with Gasteiger partial charge in [0, 0.05) is 13.0 Å².